The van der Waals surface area contributed by atoms with Crippen molar-refractivity contribution in [2.75, 3.05) is 11.9 Å². The van der Waals surface area contributed by atoms with Crippen molar-refractivity contribution in [3.63, 3.8) is 0 Å². The van der Waals surface area contributed by atoms with Crippen molar-refractivity contribution < 1.29 is 4.92 Å². The molecule has 0 amide bonds. The summed E-state index contributed by atoms with van der Waals surface area (Å²) in [5, 5.41) is 22.6. The van der Waals surface area contributed by atoms with E-state index in [9.17, 15) is 10.1 Å². The monoisotopic (exact) mass is 345 g/mol. The maximum absolute atomic E-state index is 10.9. The SMILES string of the molecule is CC(=N)Cc1cc([N+](=O)[O-])ccc1NCCc1ccc(Cl)cc1C. The highest BCUT2D eigenvalue weighted by atomic mass is 35.5. The molecule has 0 unspecified atom stereocenters. The Morgan fingerprint density at radius 1 is 1.25 bits per heavy atom. The van der Waals surface area contributed by atoms with Crippen LogP contribution in [0.3, 0.4) is 0 Å². The molecule has 6 heteroatoms. The number of aryl methyl sites for hydroxylation is 1. The zero-order valence-corrected chi connectivity index (χ0v) is 14.5. The molecule has 5 nitrogen and oxygen atoms in total. The van der Waals surface area contributed by atoms with Crippen LogP contribution in [0.2, 0.25) is 5.02 Å². The maximum Gasteiger partial charge on any atom is 0.269 e. The predicted molar refractivity (Wildman–Crippen MR) is 98.6 cm³/mol. The largest absolute Gasteiger partial charge is 0.384 e. The molecule has 0 heterocycles. The van der Waals surface area contributed by atoms with Crippen LogP contribution in [0.4, 0.5) is 11.4 Å². The molecule has 0 aromatic heterocycles. The van der Waals surface area contributed by atoms with Crippen LogP contribution in [0.1, 0.15) is 23.6 Å². The average Bonchev–Trinajstić information content (AvgIpc) is 2.50. The highest BCUT2D eigenvalue weighted by molar-refractivity contribution is 6.30. The van der Waals surface area contributed by atoms with E-state index < -0.39 is 4.92 Å². The van der Waals surface area contributed by atoms with Crippen LogP contribution in [-0.4, -0.2) is 17.2 Å². The third kappa shape index (κ3) is 4.80. The molecule has 0 spiro atoms. The first-order valence-corrected chi connectivity index (χ1v) is 8.05. The van der Waals surface area contributed by atoms with E-state index in [-0.39, 0.29) is 5.69 Å². The molecule has 0 saturated heterocycles. The van der Waals surface area contributed by atoms with Gasteiger partial charge in [0.1, 0.15) is 0 Å². The molecule has 126 valence electrons. The van der Waals surface area contributed by atoms with Crippen LogP contribution in [0.25, 0.3) is 0 Å². The first-order valence-electron chi connectivity index (χ1n) is 7.67. The molecular weight excluding hydrogens is 326 g/mol. The van der Waals surface area contributed by atoms with Gasteiger partial charge in [0.15, 0.2) is 0 Å². The van der Waals surface area contributed by atoms with Crippen molar-refractivity contribution in [1.82, 2.24) is 0 Å². The number of nitro groups is 1. The standard InChI is InChI=1S/C18H20ClN3O2/c1-12-9-16(19)4-3-14(12)7-8-21-18-6-5-17(22(23)24)11-15(18)10-13(2)20/h3-6,9,11,20-21H,7-8,10H2,1-2H3. The summed E-state index contributed by atoms with van der Waals surface area (Å²) in [4.78, 5) is 10.5. The minimum atomic E-state index is -0.413. The second-order valence-electron chi connectivity index (χ2n) is 5.80. The van der Waals surface area contributed by atoms with E-state index in [1.807, 2.05) is 25.1 Å². The number of hydrogen-bond donors (Lipinski definition) is 2. The van der Waals surface area contributed by atoms with Gasteiger partial charge in [0.2, 0.25) is 0 Å². The second-order valence-corrected chi connectivity index (χ2v) is 6.24. The zero-order chi connectivity index (χ0) is 17.7. The van der Waals surface area contributed by atoms with Crippen LogP contribution < -0.4 is 5.32 Å². The molecule has 2 rings (SSSR count). The molecule has 0 bridgehead atoms. The van der Waals surface area contributed by atoms with Crippen molar-refractivity contribution in [3.8, 4) is 0 Å². The first-order chi connectivity index (χ1) is 11.4. The Bertz CT molecular complexity index is 775. The fourth-order valence-electron chi connectivity index (χ4n) is 2.57. The van der Waals surface area contributed by atoms with Gasteiger partial charge in [-0.2, -0.15) is 0 Å². The average molecular weight is 346 g/mol. The zero-order valence-electron chi connectivity index (χ0n) is 13.7. The lowest BCUT2D eigenvalue weighted by atomic mass is 10.0. The molecule has 0 aliphatic carbocycles. The minimum absolute atomic E-state index is 0.0466. The van der Waals surface area contributed by atoms with Crippen LogP contribution in [0.5, 0.6) is 0 Å². The van der Waals surface area contributed by atoms with Gasteiger partial charge in [-0.25, -0.2) is 0 Å². The number of benzene rings is 2. The van der Waals surface area contributed by atoms with Crippen LogP contribution in [0, 0.1) is 22.4 Å². The number of nitrogens with zero attached hydrogens (tertiary/aromatic N) is 1. The molecular formula is C18H20ClN3O2. The molecule has 0 saturated carbocycles. The number of hydrogen-bond acceptors (Lipinski definition) is 4. The summed E-state index contributed by atoms with van der Waals surface area (Å²) >= 11 is 5.97. The number of anilines is 1. The number of halogens is 1. The Morgan fingerprint density at radius 2 is 2.00 bits per heavy atom. The fourth-order valence-corrected chi connectivity index (χ4v) is 2.80. The van der Waals surface area contributed by atoms with Crippen molar-refractivity contribution in [2.45, 2.75) is 26.7 Å². The van der Waals surface area contributed by atoms with Gasteiger partial charge in [-0.15, -0.1) is 0 Å². The summed E-state index contributed by atoms with van der Waals surface area (Å²) < 4.78 is 0. The lowest BCUT2D eigenvalue weighted by Crippen LogP contribution is -2.09. The normalized spacial score (nSPS) is 10.5. The van der Waals surface area contributed by atoms with E-state index in [2.05, 4.69) is 5.32 Å². The molecule has 0 atom stereocenters. The van der Waals surface area contributed by atoms with E-state index in [1.54, 1.807) is 13.0 Å². The quantitative estimate of drug-likeness (QED) is 0.430. The molecule has 24 heavy (non-hydrogen) atoms. The summed E-state index contributed by atoms with van der Waals surface area (Å²) in [7, 11) is 0. The van der Waals surface area contributed by atoms with Gasteiger partial charge in [0.05, 0.1) is 4.92 Å². The summed E-state index contributed by atoms with van der Waals surface area (Å²) in [5.74, 6) is 0. The van der Waals surface area contributed by atoms with Gasteiger partial charge in [0, 0.05) is 41.5 Å². The third-order valence-electron chi connectivity index (χ3n) is 3.77. The van der Waals surface area contributed by atoms with Gasteiger partial charge in [-0.3, -0.25) is 10.1 Å². The minimum Gasteiger partial charge on any atom is -0.384 e. The summed E-state index contributed by atoms with van der Waals surface area (Å²) in [6.45, 7) is 4.42. The molecule has 0 aliphatic heterocycles. The number of nitrogens with one attached hydrogen (secondary N) is 2. The Morgan fingerprint density at radius 3 is 2.62 bits per heavy atom. The lowest BCUT2D eigenvalue weighted by molar-refractivity contribution is -0.384. The van der Waals surface area contributed by atoms with Crippen molar-refractivity contribution in [3.05, 3.63) is 68.2 Å². The Labute approximate surface area is 146 Å². The second kappa shape index (κ2) is 7.93. The number of nitro benzene ring substituents is 1. The van der Waals surface area contributed by atoms with Gasteiger partial charge < -0.3 is 10.7 Å². The van der Waals surface area contributed by atoms with Crippen LogP contribution in [0.15, 0.2) is 36.4 Å². The van der Waals surface area contributed by atoms with E-state index in [4.69, 9.17) is 17.0 Å². The highest BCUT2D eigenvalue weighted by Crippen LogP contribution is 2.23. The fraction of sp³-hybridized carbons (Fsp3) is 0.278. The van der Waals surface area contributed by atoms with E-state index in [1.165, 1.54) is 17.7 Å². The lowest BCUT2D eigenvalue weighted by Gasteiger charge is -2.13. The van der Waals surface area contributed by atoms with Gasteiger partial charge in [0.25, 0.3) is 5.69 Å². The van der Waals surface area contributed by atoms with Gasteiger partial charge >= 0.3 is 0 Å². The molecule has 2 aromatic carbocycles. The molecule has 0 aliphatic rings. The summed E-state index contributed by atoms with van der Waals surface area (Å²) in [6.07, 6.45) is 1.22. The third-order valence-corrected chi connectivity index (χ3v) is 4.00. The number of rotatable bonds is 7. The van der Waals surface area contributed by atoms with Crippen LogP contribution >= 0.6 is 11.6 Å². The first kappa shape index (κ1) is 17.9. The maximum atomic E-state index is 10.9. The Balaban J connectivity index is 2.10. The van der Waals surface area contributed by atoms with Crippen LogP contribution in [-0.2, 0) is 12.8 Å². The van der Waals surface area contributed by atoms with E-state index in [0.29, 0.717) is 18.7 Å². The van der Waals surface area contributed by atoms with Crippen molar-refractivity contribution in [2.24, 2.45) is 0 Å². The van der Waals surface area contributed by atoms with Crippen molar-refractivity contribution in [1.29, 1.82) is 5.41 Å². The molecule has 2 aromatic rings. The summed E-state index contributed by atoms with van der Waals surface area (Å²) in [5.41, 5.74) is 4.46. The van der Waals surface area contributed by atoms with Gasteiger partial charge in [-0.1, -0.05) is 17.7 Å². The molecule has 0 fully saturated rings. The van der Waals surface area contributed by atoms with E-state index in [0.717, 1.165) is 28.3 Å². The highest BCUT2D eigenvalue weighted by Gasteiger charge is 2.11. The molecule has 2 N–H and O–H groups in total. The van der Waals surface area contributed by atoms with E-state index >= 15 is 0 Å². The molecule has 0 radical (unpaired) electrons. The smallest absolute Gasteiger partial charge is 0.269 e. The van der Waals surface area contributed by atoms with Crippen molar-refractivity contribution >= 4 is 28.7 Å². The summed E-state index contributed by atoms with van der Waals surface area (Å²) in [6, 6.07) is 10.6. The van der Waals surface area contributed by atoms with Gasteiger partial charge in [-0.05, 0) is 55.2 Å². The Kier molecular flexibility index (Phi) is 5.93. The topological polar surface area (TPSA) is 79.0 Å². The Hall–Kier alpha value is -2.40. The number of non-ortho nitro benzene ring substituents is 1. The predicted octanol–water partition coefficient (Wildman–Crippen LogP) is 4.79.